The van der Waals surface area contributed by atoms with Gasteiger partial charge in [0.15, 0.2) is 6.61 Å². The highest BCUT2D eigenvalue weighted by atomic mass is 16.5. The van der Waals surface area contributed by atoms with Crippen molar-refractivity contribution in [1.29, 1.82) is 0 Å². The number of nitrogens with one attached hydrogen (secondary N) is 1. The van der Waals surface area contributed by atoms with Crippen molar-refractivity contribution in [2.24, 2.45) is 5.92 Å². The summed E-state index contributed by atoms with van der Waals surface area (Å²) in [5, 5.41) is 2.76. The van der Waals surface area contributed by atoms with Crippen LogP contribution < -0.4 is 14.8 Å². The van der Waals surface area contributed by atoms with Crippen LogP contribution in [0.3, 0.4) is 0 Å². The molecule has 1 fully saturated rings. The number of amides is 2. The standard InChI is InChI=1S/C23H28N2O4/c1-16(2)14-25(19-9-10-19)23(27)17-7-11-20(12-8-17)29-15-22(26)24-18-5-4-6-21(13-18)28-3/h4-8,11-13,16,19H,9-10,14-15H2,1-3H3,(H,24,26). The number of rotatable bonds is 9. The van der Waals surface area contributed by atoms with Crippen LogP contribution in [0.25, 0.3) is 0 Å². The largest absolute Gasteiger partial charge is 0.497 e. The van der Waals surface area contributed by atoms with Gasteiger partial charge in [-0.05, 0) is 55.2 Å². The summed E-state index contributed by atoms with van der Waals surface area (Å²) in [7, 11) is 1.57. The highest BCUT2D eigenvalue weighted by Crippen LogP contribution is 2.29. The molecule has 0 unspecified atom stereocenters. The van der Waals surface area contributed by atoms with Gasteiger partial charge in [-0.25, -0.2) is 0 Å². The molecule has 2 aromatic carbocycles. The van der Waals surface area contributed by atoms with Gasteiger partial charge in [-0.3, -0.25) is 9.59 Å². The fraction of sp³-hybridized carbons (Fsp3) is 0.391. The van der Waals surface area contributed by atoms with Crippen molar-refractivity contribution in [2.45, 2.75) is 32.7 Å². The van der Waals surface area contributed by atoms with E-state index < -0.39 is 0 Å². The molecule has 0 bridgehead atoms. The molecule has 0 radical (unpaired) electrons. The van der Waals surface area contributed by atoms with Gasteiger partial charge in [0.05, 0.1) is 7.11 Å². The SMILES string of the molecule is COc1cccc(NC(=O)COc2ccc(C(=O)N(CC(C)C)C3CC3)cc2)c1. The first kappa shape index (κ1) is 20.7. The van der Waals surface area contributed by atoms with Crippen molar-refractivity contribution in [2.75, 3.05) is 25.6 Å². The van der Waals surface area contributed by atoms with E-state index in [1.165, 1.54) is 0 Å². The maximum atomic E-state index is 12.8. The second-order valence-corrected chi connectivity index (χ2v) is 7.68. The molecule has 0 aromatic heterocycles. The number of methoxy groups -OCH3 is 1. The first-order chi connectivity index (χ1) is 14.0. The molecular formula is C23H28N2O4. The summed E-state index contributed by atoms with van der Waals surface area (Å²) in [5.41, 5.74) is 1.29. The second-order valence-electron chi connectivity index (χ2n) is 7.68. The molecule has 0 atom stereocenters. The predicted octanol–water partition coefficient (Wildman–Crippen LogP) is 3.97. The molecule has 154 valence electrons. The van der Waals surface area contributed by atoms with E-state index in [1.54, 1.807) is 55.6 Å². The third-order valence-electron chi connectivity index (χ3n) is 4.64. The Kier molecular flexibility index (Phi) is 6.75. The summed E-state index contributed by atoms with van der Waals surface area (Å²) >= 11 is 0. The van der Waals surface area contributed by atoms with Crippen LogP contribution in [-0.4, -0.2) is 43.0 Å². The highest BCUT2D eigenvalue weighted by molar-refractivity contribution is 5.95. The van der Waals surface area contributed by atoms with Gasteiger partial charge in [0, 0.05) is 29.9 Å². The van der Waals surface area contributed by atoms with Crippen LogP contribution in [0.2, 0.25) is 0 Å². The lowest BCUT2D eigenvalue weighted by molar-refractivity contribution is -0.118. The van der Waals surface area contributed by atoms with E-state index in [4.69, 9.17) is 9.47 Å². The van der Waals surface area contributed by atoms with E-state index in [1.807, 2.05) is 4.90 Å². The molecule has 6 heteroatoms. The number of ether oxygens (including phenoxy) is 2. The summed E-state index contributed by atoms with van der Waals surface area (Å²) < 4.78 is 10.7. The fourth-order valence-electron chi connectivity index (χ4n) is 3.08. The highest BCUT2D eigenvalue weighted by Gasteiger charge is 2.33. The normalized spacial score (nSPS) is 13.1. The Bertz CT molecular complexity index is 844. The van der Waals surface area contributed by atoms with E-state index in [9.17, 15) is 9.59 Å². The van der Waals surface area contributed by atoms with Crippen molar-refractivity contribution in [3.8, 4) is 11.5 Å². The molecule has 0 aliphatic heterocycles. The average Bonchev–Trinajstić information content (AvgIpc) is 3.55. The lowest BCUT2D eigenvalue weighted by Crippen LogP contribution is -2.36. The Hall–Kier alpha value is -3.02. The zero-order valence-electron chi connectivity index (χ0n) is 17.2. The van der Waals surface area contributed by atoms with Gasteiger partial charge in [0.1, 0.15) is 11.5 Å². The fourth-order valence-corrected chi connectivity index (χ4v) is 3.08. The van der Waals surface area contributed by atoms with Gasteiger partial charge in [0.25, 0.3) is 11.8 Å². The van der Waals surface area contributed by atoms with Crippen LogP contribution >= 0.6 is 0 Å². The van der Waals surface area contributed by atoms with E-state index in [-0.39, 0.29) is 18.4 Å². The topological polar surface area (TPSA) is 67.9 Å². The Labute approximate surface area is 171 Å². The minimum absolute atomic E-state index is 0.0588. The first-order valence-corrected chi connectivity index (χ1v) is 9.94. The van der Waals surface area contributed by atoms with E-state index in [0.717, 1.165) is 19.4 Å². The van der Waals surface area contributed by atoms with Crippen LogP contribution in [0.1, 0.15) is 37.0 Å². The van der Waals surface area contributed by atoms with Gasteiger partial charge in [-0.2, -0.15) is 0 Å². The second kappa shape index (κ2) is 9.45. The van der Waals surface area contributed by atoms with E-state index >= 15 is 0 Å². The van der Waals surface area contributed by atoms with Crippen LogP contribution in [0.4, 0.5) is 5.69 Å². The summed E-state index contributed by atoms with van der Waals surface area (Å²) in [5.74, 6) is 1.44. The molecule has 2 amide bonds. The maximum Gasteiger partial charge on any atom is 0.262 e. The molecular weight excluding hydrogens is 368 g/mol. The average molecular weight is 396 g/mol. The van der Waals surface area contributed by atoms with Gasteiger partial charge >= 0.3 is 0 Å². The Morgan fingerprint density at radius 1 is 1.10 bits per heavy atom. The van der Waals surface area contributed by atoms with Crippen LogP contribution in [0.15, 0.2) is 48.5 Å². The number of carbonyl (C=O) groups is 2. The van der Waals surface area contributed by atoms with Gasteiger partial charge in [-0.15, -0.1) is 0 Å². The van der Waals surface area contributed by atoms with Crippen LogP contribution in [0, 0.1) is 5.92 Å². The zero-order valence-corrected chi connectivity index (χ0v) is 17.2. The molecule has 1 N–H and O–H groups in total. The predicted molar refractivity (Wildman–Crippen MR) is 112 cm³/mol. The maximum absolute atomic E-state index is 12.8. The number of hydrogen-bond donors (Lipinski definition) is 1. The van der Waals surface area contributed by atoms with E-state index in [0.29, 0.717) is 34.7 Å². The van der Waals surface area contributed by atoms with E-state index in [2.05, 4.69) is 19.2 Å². The lowest BCUT2D eigenvalue weighted by atomic mass is 10.1. The Morgan fingerprint density at radius 2 is 1.83 bits per heavy atom. The van der Waals surface area contributed by atoms with Crippen molar-refractivity contribution < 1.29 is 19.1 Å². The minimum atomic E-state index is -0.268. The van der Waals surface area contributed by atoms with Crippen LogP contribution in [-0.2, 0) is 4.79 Å². The van der Waals surface area contributed by atoms with Crippen molar-refractivity contribution in [1.82, 2.24) is 4.90 Å². The molecule has 0 heterocycles. The molecule has 6 nitrogen and oxygen atoms in total. The summed E-state index contributed by atoms with van der Waals surface area (Å²) in [4.78, 5) is 26.9. The van der Waals surface area contributed by atoms with Crippen molar-refractivity contribution in [3.63, 3.8) is 0 Å². The summed E-state index contributed by atoms with van der Waals surface area (Å²) in [6, 6.07) is 14.5. The molecule has 3 rings (SSSR count). The number of nitrogens with zero attached hydrogens (tertiary/aromatic N) is 1. The smallest absolute Gasteiger partial charge is 0.262 e. The molecule has 2 aromatic rings. The quantitative estimate of drug-likeness (QED) is 0.696. The summed E-state index contributed by atoms with van der Waals surface area (Å²) in [6.45, 7) is 4.89. The van der Waals surface area contributed by atoms with Crippen molar-refractivity contribution in [3.05, 3.63) is 54.1 Å². The molecule has 1 saturated carbocycles. The third kappa shape index (κ3) is 5.98. The Morgan fingerprint density at radius 3 is 2.45 bits per heavy atom. The first-order valence-electron chi connectivity index (χ1n) is 9.94. The molecule has 1 aliphatic carbocycles. The van der Waals surface area contributed by atoms with Gasteiger partial charge < -0.3 is 19.7 Å². The minimum Gasteiger partial charge on any atom is -0.497 e. The van der Waals surface area contributed by atoms with Crippen molar-refractivity contribution >= 4 is 17.5 Å². The monoisotopic (exact) mass is 396 g/mol. The van der Waals surface area contributed by atoms with Gasteiger partial charge in [0.2, 0.25) is 0 Å². The molecule has 1 aliphatic rings. The molecule has 29 heavy (non-hydrogen) atoms. The molecule has 0 saturated heterocycles. The lowest BCUT2D eigenvalue weighted by Gasteiger charge is -2.24. The number of carbonyl (C=O) groups excluding carboxylic acids is 2. The number of anilines is 1. The van der Waals surface area contributed by atoms with Crippen LogP contribution in [0.5, 0.6) is 11.5 Å². The number of benzene rings is 2. The summed E-state index contributed by atoms with van der Waals surface area (Å²) in [6.07, 6.45) is 2.17. The zero-order chi connectivity index (χ0) is 20.8. The Balaban J connectivity index is 1.53. The number of hydrogen-bond acceptors (Lipinski definition) is 4. The molecule has 0 spiro atoms. The third-order valence-corrected chi connectivity index (χ3v) is 4.64. The van der Waals surface area contributed by atoms with Gasteiger partial charge in [-0.1, -0.05) is 19.9 Å².